The summed E-state index contributed by atoms with van der Waals surface area (Å²) in [5.74, 6) is 0.576. The van der Waals surface area contributed by atoms with Crippen molar-refractivity contribution in [3.63, 3.8) is 0 Å². The molecule has 0 atom stereocenters. The average molecular weight is 455 g/mol. The molecule has 0 saturated carbocycles. The smallest absolute Gasteiger partial charge is 0.253 e. The quantitative estimate of drug-likeness (QED) is 0.650. The lowest BCUT2D eigenvalue weighted by Crippen LogP contribution is -2.41. The first-order valence-corrected chi connectivity index (χ1v) is 13.5. The van der Waals surface area contributed by atoms with Gasteiger partial charge in [-0.05, 0) is 74.5 Å². The summed E-state index contributed by atoms with van der Waals surface area (Å²) in [6, 6.07) is 15.6. The molecule has 0 bridgehead atoms. The summed E-state index contributed by atoms with van der Waals surface area (Å²) in [6.07, 6.45) is 7.43. The number of likely N-dealkylation sites (tertiary alicyclic amines) is 2. The van der Waals surface area contributed by atoms with Crippen molar-refractivity contribution < 1.29 is 13.2 Å². The second-order valence-corrected chi connectivity index (χ2v) is 11.2. The Kier molecular flexibility index (Phi) is 7.63. The van der Waals surface area contributed by atoms with Gasteiger partial charge in [-0.15, -0.1) is 0 Å². The van der Waals surface area contributed by atoms with Crippen LogP contribution in [0.25, 0.3) is 0 Å². The normalized spacial score (nSPS) is 18.9. The van der Waals surface area contributed by atoms with Gasteiger partial charge in [-0.1, -0.05) is 43.2 Å². The maximum absolute atomic E-state index is 13.1. The zero-order valence-corrected chi connectivity index (χ0v) is 19.6. The zero-order valence-electron chi connectivity index (χ0n) is 18.8. The van der Waals surface area contributed by atoms with E-state index in [1.807, 2.05) is 4.90 Å². The number of amides is 1. The van der Waals surface area contributed by atoms with Crippen LogP contribution in [0.5, 0.6) is 0 Å². The largest absolute Gasteiger partial charge is 0.339 e. The highest BCUT2D eigenvalue weighted by Crippen LogP contribution is 2.23. The van der Waals surface area contributed by atoms with E-state index in [9.17, 15) is 13.2 Å². The molecule has 6 heteroatoms. The van der Waals surface area contributed by atoms with E-state index in [0.717, 1.165) is 32.5 Å². The van der Waals surface area contributed by atoms with Crippen molar-refractivity contribution in [1.29, 1.82) is 0 Å². The molecular weight excluding hydrogens is 420 g/mol. The Bertz CT molecular complexity index is 991. The van der Waals surface area contributed by atoms with Crippen molar-refractivity contribution in [3.05, 3.63) is 65.7 Å². The molecule has 0 aliphatic carbocycles. The molecule has 1 amide bonds. The molecule has 172 valence electrons. The summed E-state index contributed by atoms with van der Waals surface area (Å²) < 4.78 is 25.4. The van der Waals surface area contributed by atoms with Crippen molar-refractivity contribution in [3.8, 4) is 0 Å². The van der Waals surface area contributed by atoms with Crippen molar-refractivity contribution in [2.45, 2.75) is 49.2 Å². The standard InChI is InChI=1S/C26H34N2O3S/c29-26(28-17-13-22(14-18-28)20-27-15-6-1-2-7-16-27)24-10-8-9-23(19-24)21-32(30,31)25-11-4-3-5-12-25/h3-5,8-12,19,22H,1-2,6-7,13-18,20-21H2. The van der Waals surface area contributed by atoms with E-state index in [1.165, 1.54) is 38.8 Å². The SMILES string of the molecule is O=C(c1cccc(CS(=O)(=O)c2ccccc2)c1)N1CCC(CN2CCCCCC2)CC1. The minimum Gasteiger partial charge on any atom is -0.339 e. The number of hydrogen-bond donors (Lipinski definition) is 0. The summed E-state index contributed by atoms with van der Waals surface area (Å²) in [4.78, 5) is 18.0. The first-order valence-electron chi connectivity index (χ1n) is 11.9. The van der Waals surface area contributed by atoms with Gasteiger partial charge in [-0.2, -0.15) is 0 Å². The van der Waals surface area contributed by atoms with Gasteiger partial charge in [0.1, 0.15) is 0 Å². The molecule has 2 heterocycles. The molecule has 0 unspecified atom stereocenters. The Morgan fingerprint density at radius 3 is 2.22 bits per heavy atom. The molecule has 0 aromatic heterocycles. The molecule has 2 aliphatic rings. The van der Waals surface area contributed by atoms with E-state index >= 15 is 0 Å². The molecular formula is C26H34N2O3S. The second-order valence-electron chi connectivity index (χ2n) is 9.22. The number of sulfone groups is 1. The third-order valence-electron chi connectivity index (χ3n) is 6.75. The predicted molar refractivity (Wildman–Crippen MR) is 127 cm³/mol. The van der Waals surface area contributed by atoms with Gasteiger partial charge in [-0.25, -0.2) is 8.42 Å². The molecule has 2 aromatic carbocycles. The predicted octanol–water partition coefficient (Wildman–Crippen LogP) is 4.39. The van der Waals surface area contributed by atoms with Crippen LogP contribution in [0, 0.1) is 5.92 Å². The average Bonchev–Trinajstić information content (AvgIpc) is 3.08. The first kappa shape index (κ1) is 23.0. The number of carbonyl (C=O) groups excluding carboxylic acids is 1. The van der Waals surface area contributed by atoms with E-state index in [-0.39, 0.29) is 11.7 Å². The van der Waals surface area contributed by atoms with Gasteiger partial charge in [0.15, 0.2) is 9.84 Å². The lowest BCUT2D eigenvalue weighted by Gasteiger charge is -2.34. The highest BCUT2D eigenvalue weighted by atomic mass is 32.2. The summed E-state index contributed by atoms with van der Waals surface area (Å²) in [6.45, 7) is 5.16. The molecule has 4 rings (SSSR count). The molecule has 5 nitrogen and oxygen atoms in total. The molecule has 2 saturated heterocycles. The number of carbonyl (C=O) groups is 1. The molecule has 2 aromatic rings. The van der Waals surface area contributed by atoms with Crippen molar-refractivity contribution >= 4 is 15.7 Å². The monoisotopic (exact) mass is 454 g/mol. The molecule has 2 aliphatic heterocycles. The van der Waals surface area contributed by atoms with E-state index < -0.39 is 9.84 Å². The second kappa shape index (κ2) is 10.6. The van der Waals surface area contributed by atoms with Gasteiger partial charge in [0.05, 0.1) is 10.6 Å². The van der Waals surface area contributed by atoms with Gasteiger partial charge in [0.2, 0.25) is 0 Å². The highest BCUT2D eigenvalue weighted by molar-refractivity contribution is 7.90. The molecule has 0 radical (unpaired) electrons. The number of rotatable bonds is 6. The van der Waals surface area contributed by atoms with Gasteiger partial charge >= 0.3 is 0 Å². The Labute approximate surface area is 192 Å². The van der Waals surface area contributed by atoms with E-state index in [2.05, 4.69) is 4.90 Å². The van der Waals surface area contributed by atoms with Crippen LogP contribution in [0.1, 0.15) is 54.4 Å². The summed E-state index contributed by atoms with van der Waals surface area (Å²) in [7, 11) is -3.43. The van der Waals surface area contributed by atoms with Crippen LogP contribution < -0.4 is 0 Å². The summed E-state index contributed by atoms with van der Waals surface area (Å²) in [5.41, 5.74) is 1.23. The van der Waals surface area contributed by atoms with Crippen molar-refractivity contribution in [1.82, 2.24) is 9.80 Å². The molecule has 2 fully saturated rings. The molecule has 32 heavy (non-hydrogen) atoms. The van der Waals surface area contributed by atoms with E-state index in [4.69, 9.17) is 0 Å². The fraction of sp³-hybridized carbons (Fsp3) is 0.500. The number of benzene rings is 2. The number of hydrogen-bond acceptors (Lipinski definition) is 4. The lowest BCUT2D eigenvalue weighted by molar-refractivity contribution is 0.0668. The Hall–Kier alpha value is -2.18. The third-order valence-corrected chi connectivity index (χ3v) is 8.45. The first-order chi connectivity index (χ1) is 15.5. The van der Waals surface area contributed by atoms with Crippen LogP contribution >= 0.6 is 0 Å². The highest BCUT2D eigenvalue weighted by Gasteiger charge is 2.25. The number of nitrogens with zero attached hydrogens (tertiary/aromatic N) is 2. The van der Waals surface area contributed by atoms with Gasteiger partial charge in [0, 0.05) is 25.2 Å². The fourth-order valence-corrected chi connectivity index (χ4v) is 6.27. The van der Waals surface area contributed by atoms with Crippen LogP contribution in [0.4, 0.5) is 0 Å². The van der Waals surface area contributed by atoms with Crippen LogP contribution in [0.3, 0.4) is 0 Å². The van der Waals surface area contributed by atoms with E-state index in [0.29, 0.717) is 21.9 Å². The maximum atomic E-state index is 13.1. The lowest BCUT2D eigenvalue weighted by atomic mass is 9.95. The zero-order chi connectivity index (χ0) is 22.4. The van der Waals surface area contributed by atoms with Crippen LogP contribution in [0.15, 0.2) is 59.5 Å². The number of piperidine rings is 1. The summed E-state index contributed by atoms with van der Waals surface area (Å²) >= 11 is 0. The van der Waals surface area contributed by atoms with Crippen LogP contribution in [-0.4, -0.2) is 56.8 Å². The minimum absolute atomic E-state index is 0.0113. The Morgan fingerprint density at radius 1 is 0.844 bits per heavy atom. The minimum atomic E-state index is -3.43. The maximum Gasteiger partial charge on any atom is 0.253 e. The fourth-order valence-electron chi connectivity index (χ4n) is 4.91. The van der Waals surface area contributed by atoms with Crippen molar-refractivity contribution in [2.75, 3.05) is 32.7 Å². The molecule has 0 spiro atoms. The van der Waals surface area contributed by atoms with Crippen LogP contribution in [0.2, 0.25) is 0 Å². The Balaban J connectivity index is 1.34. The topological polar surface area (TPSA) is 57.7 Å². The Morgan fingerprint density at radius 2 is 1.53 bits per heavy atom. The van der Waals surface area contributed by atoms with Crippen LogP contribution in [-0.2, 0) is 15.6 Å². The third kappa shape index (κ3) is 5.99. The van der Waals surface area contributed by atoms with Gasteiger partial charge in [-0.3, -0.25) is 4.79 Å². The van der Waals surface area contributed by atoms with Gasteiger partial charge < -0.3 is 9.80 Å². The summed E-state index contributed by atoms with van der Waals surface area (Å²) in [5, 5.41) is 0. The van der Waals surface area contributed by atoms with Crippen molar-refractivity contribution in [2.24, 2.45) is 5.92 Å². The molecule has 0 N–H and O–H groups in total. The van der Waals surface area contributed by atoms with Gasteiger partial charge in [0.25, 0.3) is 5.91 Å². The van der Waals surface area contributed by atoms with E-state index in [1.54, 1.807) is 54.6 Å².